The van der Waals surface area contributed by atoms with Crippen molar-refractivity contribution < 1.29 is 0 Å². The van der Waals surface area contributed by atoms with Gasteiger partial charge < -0.3 is 5.32 Å². The van der Waals surface area contributed by atoms with Crippen molar-refractivity contribution in [3.8, 4) is 0 Å². The normalized spacial score (nSPS) is 12.9. The van der Waals surface area contributed by atoms with E-state index in [1.165, 1.54) is 23.1 Å². The van der Waals surface area contributed by atoms with Crippen LogP contribution in [0.3, 0.4) is 0 Å². The van der Waals surface area contributed by atoms with Gasteiger partial charge in [0.05, 0.1) is 5.52 Å². The third kappa shape index (κ3) is 2.81. The van der Waals surface area contributed by atoms with Crippen molar-refractivity contribution >= 4 is 16.6 Å². The van der Waals surface area contributed by atoms with Crippen LogP contribution in [0.1, 0.15) is 32.8 Å². The molecule has 2 heteroatoms. The van der Waals surface area contributed by atoms with Gasteiger partial charge in [0, 0.05) is 23.3 Å². The number of rotatable bonds is 4. The van der Waals surface area contributed by atoms with Gasteiger partial charge in [-0.2, -0.15) is 0 Å². The Labute approximate surface area is 109 Å². The number of pyridine rings is 1. The topological polar surface area (TPSA) is 24.9 Å². The van der Waals surface area contributed by atoms with Crippen molar-refractivity contribution in [1.82, 2.24) is 4.98 Å². The molecule has 0 bridgehead atoms. The largest absolute Gasteiger partial charge is 0.382 e. The molecular formula is C16H22N2. The molecule has 0 aliphatic rings. The lowest BCUT2D eigenvalue weighted by atomic mass is 10.0. The summed E-state index contributed by atoms with van der Waals surface area (Å²) in [6.45, 7) is 8.86. The van der Waals surface area contributed by atoms with Crippen LogP contribution in [0, 0.1) is 12.8 Å². The summed E-state index contributed by atoms with van der Waals surface area (Å²) in [7, 11) is 0. The first kappa shape index (κ1) is 12.9. The van der Waals surface area contributed by atoms with E-state index in [1.54, 1.807) is 0 Å². The predicted octanol–water partition coefficient (Wildman–Crippen LogP) is 4.39. The maximum absolute atomic E-state index is 4.47. The Morgan fingerprint density at radius 2 is 1.94 bits per heavy atom. The van der Waals surface area contributed by atoms with E-state index >= 15 is 0 Å². The Morgan fingerprint density at radius 1 is 1.17 bits per heavy atom. The summed E-state index contributed by atoms with van der Waals surface area (Å²) >= 11 is 0. The standard InChI is InChI=1S/C16H22N2/c1-11(2)10-13(4)18-15-8-7-12(3)16-14(15)6-5-9-17-16/h5-9,11,13,18H,10H2,1-4H3. The van der Waals surface area contributed by atoms with Gasteiger partial charge in [0.1, 0.15) is 0 Å². The molecule has 96 valence electrons. The van der Waals surface area contributed by atoms with Crippen molar-refractivity contribution in [2.45, 2.75) is 40.2 Å². The quantitative estimate of drug-likeness (QED) is 0.860. The zero-order valence-corrected chi connectivity index (χ0v) is 11.7. The number of aromatic nitrogens is 1. The highest BCUT2D eigenvalue weighted by Crippen LogP contribution is 2.25. The number of hydrogen-bond acceptors (Lipinski definition) is 2. The number of nitrogens with one attached hydrogen (secondary N) is 1. The van der Waals surface area contributed by atoms with Crippen molar-refractivity contribution in [2.75, 3.05) is 5.32 Å². The molecule has 0 radical (unpaired) electrons. The molecule has 1 aromatic heterocycles. The zero-order valence-electron chi connectivity index (χ0n) is 11.7. The lowest BCUT2D eigenvalue weighted by molar-refractivity contribution is 0.540. The van der Waals surface area contributed by atoms with E-state index in [-0.39, 0.29) is 0 Å². The summed E-state index contributed by atoms with van der Waals surface area (Å²) < 4.78 is 0. The van der Waals surface area contributed by atoms with Crippen LogP contribution in [0.25, 0.3) is 10.9 Å². The second-order valence-electron chi connectivity index (χ2n) is 5.50. The summed E-state index contributed by atoms with van der Waals surface area (Å²) in [6.07, 6.45) is 3.03. The minimum Gasteiger partial charge on any atom is -0.382 e. The van der Waals surface area contributed by atoms with Crippen LogP contribution in [0.4, 0.5) is 5.69 Å². The predicted molar refractivity (Wildman–Crippen MR) is 79.0 cm³/mol. The third-order valence-corrected chi connectivity index (χ3v) is 3.20. The van der Waals surface area contributed by atoms with Crippen LogP contribution in [0.15, 0.2) is 30.5 Å². The van der Waals surface area contributed by atoms with Gasteiger partial charge in [-0.1, -0.05) is 19.9 Å². The number of anilines is 1. The highest BCUT2D eigenvalue weighted by molar-refractivity contribution is 5.93. The highest BCUT2D eigenvalue weighted by atomic mass is 14.9. The van der Waals surface area contributed by atoms with Gasteiger partial charge in [-0.25, -0.2) is 0 Å². The van der Waals surface area contributed by atoms with Gasteiger partial charge in [-0.05, 0) is 49.9 Å². The third-order valence-electron chi connectivity index (χ3n) is 3.20. The Balaban J connectivity index is 2.31. The smallest absolute Gasteiger partial charge is 0.0751 e. The molecule has 18 heavy (non-hydrogen) atoms. The summed E-state index contributed by atoms with van der Waals surface area (Å²) in [6, 6.07) is 8.92. The Morgan fingerprint density at radius 3 is 2.67 bits per heavy atom. The van der Waals surface area contributed by atoms with Crippen LogP contribution >= 0.6 is 0 Å². The molecule has 0 saturated heterocycles. The molecule has 1 aromatic carbocycles. The van der Waals surface area contributed by atoms with Gasteiger partial charge >= 0.3 is 0 Å². The van der Waals surface area contributed by atoms with E-state index in [2.05, 4.69) is 56.2 Å². The van der Waals surface area contributed by atoms with Crippen LogP contribution in [0.2, 0.25) is 0 Å². The molecule has 0 spiro atoms. The fourth-order valence-corrected chi connectivity index (χ4v) is 2.47. The minimum atomic E-state index is 0.483. The second-order valence-corrected chi connectivity index (χ2v) is 5.50. The summed E-state index contributed by atoms with van der Waals surface area (Å²) in [4.78, 5) is 4.47. The first-order chi connectivity index (χ1) is 8.58. The van der Waals surface area contributed by atoms with E-state index in [1.807, 2.05) is 12.3 Å². The molecule has 0 amide bonds. The molecule has 2 rings (SSSR count). The minimum absolute atomic E-state index is 0.483. The maximum Gasteiger partial charge on any atom is 0.0751 e. The van der Waals surface area contributed by atoms with E-state index in [0.29, 0.717) is 12.0 Å². The fourth-order valence-electron chi connectivity index (χ4n) is 2.47. The Hall–Kier alpha value is -1.57. The highest BCUT2D eigenvalue weighted by Gasteiger charge is 2.08. The average Bonchev–Trinajstić information content (AvgIpc) is 2.32. The maximum atomic E-state index is 4.47. The molecular weight excluding hydrogens is 220 g/mol. The van der Waals surface area contributed by atoms with Gasteiger partial charge in [0.25, 0.3) is 0 Å². The fraction of sp³-hybridized carbons (Fsp3) is 0.438. The van der Waals surface area contributed by atoms with Crippen LogP contribution in [0.5, 0.6) is 0 Å². The van der Waals surface area contributed by atoms with Gasteiger partial charge in [-0.15, -0.1) is 0 Å². The molecule has 1 heterocycles. The number of hydrogen-bond donors (Lipinski definition) is 1. The van der Waals surface area contributed by atoms with E-state index < -0.39 is 0 Å². The van der Waals surface area contributed by atoms with Crippen molar-refractivity contribution in [3.63, 3.8) is 0 Å². The molecule has 0 aliphatic carbocycles. The lowest BCUT2D eigenvalue weighted by Crippen LogP contribution is -2.17. The van der Waals surface area contributed by atoms with E-state index in [9.17, 15) is 0 Å². The van der Waals surface area contributed by atoms with Crippen LogP contribution in [-0.4, -0.2) is 11.0 Å². The molecule has 0 fully saturated rings. The summed E-state index contributed by atoms with van der Waals surface area (Å²) in [5.41, 5.74) is 3.52. The van der Waals surface area contributed by atoms with E-state index in [0.717, 1.165) is 5.52 Å². The van der Waals surface area contributed by atoms with Gasteiger partial charge in [-0.3, -0.25) is 4.98 Å². The van der Waals surface area contributed by atoms with Gasteiger partial charge in [0.2, 0.25) is 0 Å². The number of nitrogens with zero attached hydrogens (tertiary/aromatic N) is 1. The summed E-state index contributed by atoms with van der Waals surface area (Å²) in [5, 5.41) is 4.82. The first-order valence-corrected chi connectivity index (χ1v) is 6.69. The lowest BCUT2D eigenvalue weighted by Gasteiger charge is -2.19. The number of aryl methyl sites for hydroxylation is 1. The molecule has 0 aliphatic heterocycles. The van der Waals surface area contributed by atoms with Crippen LogP contribution in [-0.2, 0) is 0 Å². The first-order valence-electron chi connectivity index (χ1n) is 6.69. The molecule has 2 aromatic rings. The Bertz CT molecular complexity index is 532. The van der Waals surface area contributed by atoms with Crippen molar-refractivity contribution in [1.29, 1.82) is 0 Å². The van der Waals surface area contributed by atoms with Crippen LogP contribution < -0.4 is 5.32 Å². The summed E-state index contributed by atoms with van der Waals surface area (Å²) in [5.74, 6) is 0.710. The number of fused-ring (bicyclic) bond motifs is 1. The number of benzene rings is 1. The molecule has 1 N–H and O–H groups in total. The Kier molecular flexibility index (Phi) is 3.85. The molecule has 2 nitrogen and oxygen atoms in total. The molecule has 1 unspecified atom stereocenters. The SMILES string of the molecule is Cc1ccc(NC(C)CC(C)C)c2cccnc12. The van der Waals surface area contributed by atoms with Gasteiger partial charge in [0.15, 0.2) is 0 Å². The zero-order chi connectivity index (χ0) is 13.1. The molecule has 1 atom stereocenters. The average molecular weight is 242 g/mol. The molecule has 0 saturated carbocycles. The van der Waals surface area contributed by atoms with Crippen molar-refractivity contribution in [3.05, 3.63) is 36.0 Å². The van der Waals surface area contributed by atoms with Crippen molar-refractivity contribution in [2.24, 2.45) is 5.92 Å². The second kappa shape index (κ2) is 5.38. The monoisotopic (exact) mass is 242 g/mol. The van der Waals surface area contributed by atoms with E-state index in [4.69, 9.17) is 0 Å².